The molecule has 0 spiro atoms. The molecule has 4 atom stereocenters. The second kappa shape index (κ2) is 14.1. The SMILES string of the molecule is COc1ccc(CCN2C(=O)C3C4C(c5ccccc5)=C(c5ccccc5)C(C)(C3C2=O)C2C(=O)N(CCc3ccc(OC)c(OC)c3)C(=O)C42)cc1OC. The molecule has 2 bridgehead atoms. The Morgan fingerprint density at radius 1 is 0.509 bits per heavy atom. The van der Waals surface area contributed by atoms with Gasteiger partial charge >= 0.3 is 0 Å². The first kappa shape index (κ1) is 36.1. The number of benzene rings is 4. The van der Waals surface area contributed by atoms with Crippen LogP contribution in [0.4, 0.5) is 0 Å². The molecular formula is C45H44N2O8. The molecule has 0 aromatic heterocycles. The lowest BCUT2D eigenvalue weighted by Gasteiger charge is -2.57. The van der Waals surface area contributed by atoms with E-state index in [4.69, 9.17) is 18.9 Å². The highest BCUT2D eigenvalue weighted by molar-refractivity contribution is 6.17. The summed E-state index contributed by atoms with van der Waals surface area (Å²) < 4.78 is 21.8. The molecular weight excluding hydrogens is 697 g/mol. The summed E-state index contributed by atoms with van der Waals surface area (Å²) in [6.45, 7) is 2.26. The Morgan fingerprint density at radius 3 is 1.35 bits per heavy atom. The zero-order chi connectivity index (χ0) is 38.6. The number of methoxy groups -OCH3 is 4. The molecule has 10 nitrogen and oxygen atoms in total. The van der Waals surface area contributed by atoms with Crippen molar-refractivity contribution in [2.45, 2.75) is 19.8 Å². The van der Waals surface area contributed by atoms with Crippen LogP contribution in [0, 0.1) is 35.0 Å². The van der Waals surface area contributed by atoms with E-state index in [9.17, 15) is 19.2 Å². The Morgan fingerprint density at radius 2 is 0.927 bits per heavy atom. The number of hydrogen-bond donors (Lipinski definition) is 0. The molecule has 2 heterocycles. The van der Waals surface area contributed by atoms with Gasteiger partial charge in [-0.3, -0.25) is 29.0 Å². The van der Waals surface area contributed by atoms with Crippen molar-refractivity contribution < 1.29 is 38.1 Å². The lowest BCUT2D eigenvalue weighted by atomic mass is 9.41. The van der Waals surface area contributed by atoms with Crippen LogP contribution in [0.1, 0.15) is 29.2 Å². The van der Waals surface area contributed by atoms with Crippen LogP contribution >= 0.6 is 0 Å². The van der Waals surface area contributed by atoms with E-state index in [1.165, 1.54) is 9.80 Å². The van der Waals surface area contributed by atoms with Gasteiger partial charge in [0.1, 0.15) is 0 Å². The Labute approximate surface area is 320 Å². The van der Waals surface area contributed by atoms with Crippen LogP contribution in [0.5, 0.6) is 23.0 Å². The fourth-order valence-electron chi connectivity index (χ4n) is 10.1. The number of imide groups is 2. The third-order valence-corrected chi connectivity index (χ3v) is 12.4. The average molecular weight is 741 g/mol. The maximum atomic E-state index is 14.9. The predicted molar refractivity (Wildman–Crippen MR) is 205 cm³/mol. The molecule has 4 aromatic carbocycles. The minimum Gasteiger partial charge on any atom is -0.493 e. The van der Waals surface area contributed by atoms with E-state index in [0.717, 1.165) is 33.4 Å². The first-order valence-corrected chi connectivity index (χ1v) is 18.7. The van der Waals surface area contributed by atoms with Crippen molar-refractivity contribution in [3.8, 4) is 23.0 Å². The fraction of sp³-hybridized carbons (Fsp3) is 0.333. The zero-order valence-corrected chi connectivity index (χ0v) is 31.6. The number of allylic oxidation sites excluding steroid dienone is 2. The fourth-order valence-corrected chi connectivity index (χ4v) is 10.1. The summed E-state index contributed by atoms with van der Waals surface area (Å²) in [7, 11) is 6.27. The van der Waals surface area contributed by atoms with Gasteiger partial charge in [-0.15, -0.1) is 0 Å². The van der Waals surface area contributed by atoms with Crippen LogP contribution in [0.2, 0.25) is 0 Å². The van der Waals surface area contributed by atoms with Crippen LogP contribution in [-0.4, -0.2) is 75.0 Å². The van der Waals surface area contributed by atoms with E-state index in [1.54, 1.807) is 40.6 Å². The van der Waals surface area contributed by atoms with Crippen LogP contribution in [0.3, 0.4) is 0 Å². The average Bonchev–Trinajstić information content (AvgIpc) is 3.64. The summed E-state index contributed by atoms with van der Waals surface area (Å²) >= 11 is 0. The van der Waals surface area contributed by atoms with E-state index in [0.29, 0.717) is 35.8 Å². The second-order valence-electron chi connectivity index (χ2n) is 14.9. The molecule has 0 N–H and O–H groups in total. The van der Waals surface area contributed by atoms with Gasteiger partial charge in [0.2, 0.25) is 23.6 Å². The number of carbonyl (C=O) groups excluding carboxylic acids is 4. The van der Waals surface area contributed by atoms with Crippen LogP contribution in [0.15, 0.2) is 97.1 Å². The predicted octanol–water partition coefficient (Wildman–Crippen LogP) is 5.97. The molecule has 4 amide bonds. The minimum absolute atomic E-state index is 0.152. The lowest BCUT2D eigenvalue weighted by Crippen LogP contribution is -2.59. The normalized spacial score (nSPS) is 25.4. The quantitative estimate of drug-likeness (QED) is 0.164. The number of carbonyl (C=O) groups is 4. The number of hydrogen-bond acceptors (Lipinski definition) is 8. The molecule has 55 heavy (non-hydrogen) atoms. The molecule has 4 unspecified atom stereocenters. The molecule has 2 saturated heterocycles. The lowest BCUT2D eigenvalue weighted by molar-refractivity contribution is -0.143. The van der Waals surface area contributed by atoms with Crippen molar-refractivity contribution in [3.05, 3.63) is 119 Å². The van der Waals surface area contributed by atoms with E-state index in [1.807, 2.05) is 91.9 Å². The molecule has 0 radical (unpaired) electrons. The summed E-state index contributed by atoms with van der Waals surface area (Å²) in [5, 5.41) is 0. The second-order valence-corrected chi connectivity index (χ2v) is 14.9. The molecule has 3 fully saturated rings. The minimum atomic E-state index is -1.17. The molecule has 1 saturated carbocycles. The smallest absolute Gasteiger partial charge is 0.234 e. The number of likely N-dealkylation sites (tertiary alicyclic amines) is 2. The van der Waals surface area contributed by atoms with Gasteiger partial charge in [0.25, 0.3) is 0 Å². The monoisotopic (exact) mass is 740 g/mol. The van der Waals surface area contributed by atoms with Crippen molar-refractivity contribution in [1.29, 1.82) is 0 Å². The first-order chi connectivity index (χ1) is 26.7. The van der Waals surface area contributed by atoms with Gasteiger partial charge in [-0.25, -0.2) is 0 Å². The molecule has 9 rings (SSSR count). The number of nitrogens with zero attached hydrogens (tertiary/aromatic N) is 2. The van der Waals surface area contributed by atoms with Crippen LogP contribution < -0.4 is 18.9 Å². The summed E-state index contributed by atoms with van der Waals surface area (Å²) in [4.78, 5) is 62.2. The molecule has 282 valence electrons. The molecule has 4 aromatic rings. The Balaban J connectivity index is 1.21. The largest absolute Gasteiger partial charge is 0.493 e. The van der Waals surface area contributed by atoms with Crippen LogP contribution in [0.25, 0.3) is 11.1 Å². The van der Waals surface area contributed by atoms with E-state index >= 15 is 0 Å². The van der Waals surface area contributed by atoms with Gasteiger partial charge in [-0.1, -0.05) is 79.7 Å². The summed E-state index contributed by atoms with van der Waals surface area (Å²) in [6.07, 6.45) is 0.801. The zero-order valence-electron chi connectivity index (χ0n) is 31.6. The topological polar surface area (TPSA) is 112 Å². The maximum Gasteiger partial charge on any atom is 0.234 e. The molecule has 10 heteroatoms. The van der Waals surface area contributed by atoms with Gasteiger partial charge in [0.15, 0.2) is 23.0 Å². The van der Waals surface area contributed by atoms with Gasteiger partial charge in [-0.2, -0.15) is 0 Å². The van der Waals surface area contributed by atoms with E-state index < -0.39 is 35.0 Å². The number of amides is 4. The van der Waals surface area contributed by atoms with Gasteiger partial charge in [-0.05, 0) is 70.5 Å². The van der Waals surface area contributed by atoms with Crippen molar-refractivity contribution in [2.75, 3.05) is 41.5 Å². The van der Waals surface area contributed by atoms with Crippen molar-refractivity contribution in [3.63, 3.8) is 0 Å². The maximum absolute atomic E-state index is 14.9. The van der Waals surface area contributed by atoms with Crippen molar-refractivity contribution in [2.24, 2.45) is 35.0 Å². The first-order valence-electron chi connectivity index (χ1n) is 18.7. The summed E-state index contributed by atoms with van der Waals surface area (Å²) in [5.41, 5.74) is 4.05. The third kappa shape index (κ3) is 5.52. The highest BCUT2D eigenvalue weighted by Gasteiger charge is 2.76. The molecule has 2 aliphatic heterocycles. The Kier molecular flexibility index (Phi) is 9.23. The molecule has 5 aliphatic rings. The van der Waals surface area contributed by atoms with Gasteiger partial charge in [0.05, 0.1) is 52.1 Å². The third-order valence-electron chi connectivity index (χ3n) is 12.4. The highest BCUT2D eigenvalue weighted by atomic mass is 16.5. The van der Waals surface area contributed by atoms with Gasteiger partial charge in [0, 0.05) is 24.4 Å². The van der Waals surface area contributed by atoms with Gasteiger partial charge < -0.3 is 18.9 Å². The van der Waals surface area contributed by atoms with Crippen molar-refractivity contribution in [1.82, 2.24) is 9.80 Å². The summed E-state index contributed by atoms with van der Waals surface area (Å²) in [5.74, 6) is -2.89. The summed E-state index contributed by atoms with van der Waals surface area (Å²) in [6, 6.07) is 30.7. The number of ether oxygens (including phenoxy) is 4. The van der Waals surface area contributed by atoms with E-state index in [2.05, 4.69) is 0 Å². The molecule has 3 aliphatic carbocycles. The Bertz CT molecular complexity index is 2110. The van der Waals surface area contributed by atoms with E-state index in [-0.39, 0.29) is 36.7 Å². The number of rotatable bonds is 12. The highest BCUT2D eigenvalue weighted by Crippen LogP contribution is 2.72. The standard InChI is InChI=1S/C45H44N2O8/c1-45-38(29-14-10-7-11-15-29)34(28-12-8-6-9-13-28)35(36-39(45)43(50)46(41(36)48)22-20-26-16-18-30(52-2)32(24-26)54-4)37-40(45)44(51)47(42(37)49)23-21-27-17-19-31(53-3)33(25-27)55-5/h6-19,24-25,35-37,39-40H,20-23H2,1-5H3. The Hall–Kier alpha value is -5.90. The van der Waals surface area contributed by atoms with Crippen molar-refractivity contribution >= 4 is 34.8 Å². The van der Waals surface area contributed by atoms with Crippen LogP contribution in [-0.2, 0) is 32.0 Å².